The fourth-order valence-electron chi connectivity index (χ4n) is 3.78. The quantitative estimate of drug-likeness (QED) is 0.714. The van der Waals surface area contributed by atoms with Crippen LogP contribution in [0.3, 0.4) is 0 Å². The van der Waals surface area contributed by atoms with Gasteiger partial charge in [-0.1, -0.05) is 24.6 Å². The molecule has 0 bridgehead atoms. The largest absolute Gasteiger partial charge is 0.331 e. The Morgan fingerprint density at radius 3 is 2.81 bits per heavy atom. The van der Waals surface area contributed by atoms with Gasteiger partial charge < -0.3 is 14.5 Å². The van der Waals surface area contributed by atoms with Crippen molar-refractivity contribution in [3.8, 4) is 11.4 Å². The molecule has 0 amide bonds. The average Bonchev–Trinajstić information content (AvgIpc) is 3.12. The predicted octanol–water partition coefficient (Wildman–Crippen LogP) is 3.78. The number of piperidine rings is 1. The molecule has 1 unspecified atom stereocenters. The van der Waals surface area contributed by atoms with Crippen LogP contribution in [0.2, 0.25) is 0 Å². The molecule has 146 valence electrons. The molecular weight excluding hydrogens is 383 g/mol. The molecule has 1 aromatic carbocycles. The maximum atomic E-state index is 12.8. The Morgan fingerprint density at radius 1 is 1.22 bits per heavy atom. The molecule has 0 aliphatic carbocycles. The number of aryl methyl sites for hydroxylation is 2. The van der Waals surface area contributed by atoms with Gasteiger partial charge in [0.1, 0.15) is 5.82 Å². The molecule has 0 radical (unpaired) electrons. The van der Waals surface area contributed by atoms with Crippen molar-refractivity contribution in [2.45, 2.75) is 38.3 Å². The van der Waals surface area contributed by atoms with E-state index in [1.165, 1.54) is 19.3 Å². The first-order valence-electron chi connectivity index (χ1n) is 9.08. The number of para-hydroxylation sites is 1. The number of pyridine rings is 1. The Bertz CT molecular complexity index is 945. The highest BCUT2D eigenvalue weighted by Gasteiger charge is 2.16. The summed E-state index contributed by atoms with van der Waals surface area (Å²) >= 11 is 0. The van der Waals surface area contributed by atoms with Crippen molar-refractivity contribution in [1.29, 1.82) is 0 Å². The second-order valence-corrected chi connectivity index (χ2v) is 6.86. The van der Waals surface area contributed by atoms with E-state index in [4.69, 9.17) is 0 Å². The fraction of sp³-hybridized carbons (Fsp3) is 0.400. The van der Waals surface area contributed by atoms with Gasteiger partial charge in [0, 0.05) is 32.0 Å². The monoisotopic (exact) mass is 408 g/mol. The van der Waals surface area contributed by atoms with Crippen molar-refractivity contribution in [3.05, 3.63) is 53.1 Å². The lowest BCUT2D eigenvalue weighted by atomic mass is 10.0. The zero-order valence-electron chi connectivity index (χ0n) is 15.4. The molecule has 1 fully saturated rings. The Kier molecular flexibility index (Phi) is 7.48. The molecule has 1 saturated heterocycles. The number of rotatable bonds is 4. The molecule has 5 nitrogen and oxygen atoms in total. The van der Waals surface area contributed by atoms with Crippen molar-refractivity contribution >= 4 is 35.7 Å². The first-order chi connectivity index (χ1) is 12.2. The summed E-state index contributed by atoms with van der Waals surface area (Å²) in [7, 11) is 1.83. The summed E-state index contributed by atoms with van der Waals surface area (Å²) < 4.78 is 3.83. The maximum absolute atomic E-state index is 12.8. The van der Waals surface area contributed by atoms with Crippen LogP contribution in [-0.4, -0.2) is 26.7 Å². The van der Waals surface area contributed by atoms with Crippen molar-refractivity contribution in [2.24, 2.45) is 7.05 Å². The lowest BCUT2D eigenvalue weighted by molar-refractivity contribution is 0.367. The van der Waals surface area contributed by atoms with Gasteiger partial charge in [0.2, 0.25) is 0 Å². The van der Waals surface area contributed by atoms with E-state index in [1.807, 2.05) is 43.6 Å². The number of fused-ring (bicyclic) bond motifs is 1. The molecule has 1 N–H and O–H groups in total. The van der Waals surface area contributed by atoms with Crippen LogP contribution in [0.15, 0.2) is 47.5 Å². The minimum Gasteiger partial charge on any atom is -0.331 e. The molecule has 1 aliphatic rings. The zero-order valence-corrected chi connectivity index (χ0v) is 17.1. The molecule has 1 aliphatic heterocycles. The van der Waals surface area contributed by atoms with Gasteiger partial charge in [0.25, 0.3) is 5.56 Å². The van der Waals surface area contributed by atoms with Crippen LogP contribution in [-0.2, 0) is 13.6 Å². The Hall–Kier alpha value is -1.82. The van der Waals surface area contributed by atoms with Crippen LogP contribution >= 0.6 is 24.8 Å². The van der Waals surface area contributed by atoms with Crippen molar-refractivity contribution in [1.82, 2.24) is 19.4 Å². The number of benzene rings is 1. The van der Waals surface area contributed by atoms with Crippen LogP contribution in [0, 0.1) is 0 Å². The lowest BCUT2D eigenvalue weighted by Gasteiger charge is -2.23. The summed E-state index contributed by atoms with van der Waals surface area (Å²) in [5.74, 6) is 0.766. The highest BCUT2D eigenvalue weighted by molar-refractivity contribution is 5.85. The van der Waals surface area contributed by atoms with Crippen molar-refractivity contribution in [3.63, 3.8) is 0 Å². The van der Waals surface area contributed by atoms with Crippen LogP contribution in [0.25, 0.3) is 22.3 Å². The summed E-state index contributed by atoms with van der Waals surface area (Å²) in [6.07, 6.45) is 8.66. The number of imidazole rings is 1. The van der Waals surface area contributed by atoms with Gasteiger partial charge in [0.15, 0.2) is 0 Å². The molecule has 3 heterocycles. The summed E-state index contributed by atoms with van der Waals surface area (Å²) in [4.78, 5) is 17.3. The SMILES string of the molecule is Cl.Cl.Cn1c(=O)c(-c2nccn2CCC2CCCCN2)cc2ccccc21. The molecule has 7 heteroatoms. The normalized spacial score (nSPS) is 16.6. The molecule has 3 aromatic rings. The Balaban J connectivity index is 0.00000131. The number of hydrogen-bond donors (Lipinski definition) is 1. The van der Waals surface area contributed by atoms with Gasteiger partial charge in [-0.15, -0.1) is 24.8 Å². The highest BCUT2D eigenvalue weighted by atomic mass is 35.5. The van der Waals surface area contributed by atoms with Gasteiger partial charge in [-0.3, -0.25) is 4.79 Å². The zero-order chi connectivity index (χ0) is 17.2. The molecule has 0 saturated carbocycles. The number of hydrogen-bond acceptors (Lipinski definition) is 3. The topological polar surface area (TPSA) is 51.9 Å². The predicted molar refractivity (Wildman–Crippen MR) is 115 cm³/mol. The lowest BCUT2D eigenvalue weighted by Crippen LogP contribution is -2.34. The van der Waals surface area contributed by atoms with Crippen molar-refractivity contribution < 1.29 is 0 Å². The highest BCUT2D eigenvalue weighted by Crippen LogP contribution is 2.20. The maximum Gasteiger partial charge on any atom is 0.261 e. The van der Waals surface area contributed by atoms with Gasteiger partial charge in [-0.2, -0.15) is 0 Å². The second kappa shape index (κ2) is 9.40. The van der Waals surface area contributed by atoms with Gasteiger partial charge in [-0.25, -0.2) is 4.98 Å². The fourth-order valence-corrected chi connectivity index (χ4v) is 3.78. The van der Waals surface area contributed by atoms with E-state index < -0.39 is 0 Å². The van der Waals surface area contributed by atoms with E-state index >= 15 is 0 Å². The van der Waals surface area contributed by atoms with Crippen LogP contribution in [0.1, 0.15) is 25.7 Å². The molecule has 27 heavy (non-hydrogen) atoms. The third-order valence-electron chi connectivity index (χ3n) is 5.22. The first kappa shape index (κ1) is 21.5. The third-order valence-corrected chi connectivity index (χ3v) is 5.22. The summed E-state index contributed by atoms with van der Waals surface area (Å²) in [5, 5.41) is 4.64. The van der Waals surface area contributed by atoms with E-state index in [-0.39, 0.29) is 30.4 Å². The third kappa shape index (κ3) is 4.37. The molecular formula is C20H26Cl2N4O. The standard InChI is InChI=1S/C20H24N4O.2ClH/c1-23-18-8-3-2-6-15(18)14-17(20(23)25)19-22-11-13-24(19)12-9-16-7-4-5-10-21-16;;/h2-3,6,8,11,13-14,16,21H,4-5,7,9-10,12H2,1H3;2*1H. The number of nitrogens with one attached hydrogen (secondary N) is 1. The van der Waals surface area contributed by atoms with Crippen molar-refractivity contribution in [2.75, 3.05) is 6.54 Å². The van der Waals surface area contributed by atoms with Crippen LogP contribution in [0.4, 0.5) is 0 Å². The number of halogens is 2. The summed E-state index contributed by atoms with van der Waals surface area (Å²) in [6, 6.07) is 10.5. The minimum absolute atomic E-state index is 0. The molecule has 2 aromatic heterocycles. The average molecular weight is 409 g/mol. The van der Waals surface area contributed by atoms with E-state index in [0.29, 0.717) is 11.6 Å². The summed E-state index contributed by atoms with van der Waals surface area (Å²) in [5.41, 5.74) is 1.62. The number of nitrogens with zero attached hydrogens (tertiary/aromatic N) is 3. The van der Waals surface area contributed by atoms with E-state index in [1.54, 1.807) is 10.8 Å². The van der Waals surface area contributed by atoms with E-state index in [0.717, 1.165) is 36.2 Å². The van der Waals surface area contributed by atoms with E-state index in [2.05, 4.69) is 14.9 Å². The first-order valence-corrected chi connectivity index (χ1v) is 9.08. The molecule has 1 atom stereocenters. The van der Waals surface area contributed by atoms with E-state index in [9.17, 15) is 4.79 Å². The molecule has 0 spiro atoms. The summed E-state index contributed by atoms with van der Waals surface area (Å²) in [6.45, 7) is 2.00. The second-order valence-electron chi connectivity index (χ2n) is 6.86. The van der Waals surface area contributed by atoms with Crippen LogP contribution in [0.5, 0.6) is 0 Å². The Labute approximate surface area is 171 Å². The van der Waals surface area contributed by atoms with Gasteiger partial charge >= 0.3 is 0 Å². The smallest absolute Gasteiger partial charge is 0.261 e. The van der Waals surface area contributed by atoms with Gasteiger partial charge in [-0.05, 0) is 43.3 Å². The minimum atomic E-state index is 0. The Morgan fingerprint density at radius 2 is 2.04 bits per heavy atom. The number of aromatic nitrogens is 3. The molecule has 4 rings (SSSR count). The van der Waals surface area contributed by atoms with Crippen LogP contribution < -0.4 is 10.9 Å². The van der Waals surface area contributed by atoms with Gasteiger partial charge in [0.05, 0.1) is 11.1 Å².